The highest BCUT2D eigenvalue weighted by Crippen LogP contribution is 2.11. The molecule has 4 nitrogen and oxygen atoms in total. The van der Waals surface area contributed by atoms with Gasteiger partial charge in [-0.2, -0.15) is 0 Å². The summed E-state index contributed by atoms with van der Waals surface area (Å²) in [5.41, 5.74) is 1.96. The van der Waals surface area contributed by atoms with Gasteiger partial charge in [-0.3, -0.25) is 4.79 Å². The molecule has 1 rings (SSSR count). The van der Waals surface area contributed by atoms with E-state index in [0.717, 1.165) is 17.7 Å². The highest BCUT2D eigenvalue weighted by molar-refractivity contribution is 5.70. The lowest BCUT2D eigenvalue weighted by molar-refractivity contribution is -0.136. The first kappa shape index (κ1) is 16.7. The van der Waals surface area contributed by atoms with Gasteiger partial charge in [-0.05, 0) is 31.1 Å². The SMILES string of the molecule is CC(C)C(CN(C)C)NCc1ccccc1CC(=O)O. The van der Waals surface area contributed by atoms with Crippen LogP contribution < -0.4 is 5.32 Å². The number of carbonyl (C=O) groups is 1. The molecule has 4 heteroatoms. The van der Waals surface area contributed by atoms with Crippen LogP contribution in [0.3, 0.4) is 0 Å². The Bertz CT molecular complexity index is 430. The van der Waals surface area contributed by atoms with Crippen LogP contribution in [0.1, 0.15) is 25.0 Å². The summed E-state index contributed by atoms with van der Waals surface area (Å²) < 4.78 is 0. The number of hydrogen-bond acceptors (Lipinski definition) is 3. The lowest BCUT2D eigenvalue weighted by atomic mass is 10.0. The predicted molar refractivity (Wildman–Crippen MR) is 81.8 cm³/mol. The minimum absolute atomic E-state index is 0.0812. The molecule has 0 aliphatic carbocycles. The Hall–Kier alpha value is -1.39. The Balaban J connectivity index is 2.70. The third-order valence-corrected chi connectivity index (χ3v) is 3.38. The molecule has 0 saturated heterocycles. The molecule has 0 amide bonds. The standard InChI is InChI=1S/C16H26N2O2/c1-12(2)15(11-18(3)4)17-10-14-8-6-5-7-13(14)9-16(19)20/h5-8,12,15,17H,9-11H2,1-4H3,(H,19,20). The van der Waals surface area contributed by atoms with Crippen molar-refractivity contribution in [2.24, 2.45) is 5.92 Å². The number of nitrogens with one attached hydrogen (secondary N) is 1. The lowest BCUT2D eigenvalue weighted by Crippen LogP contribution is -2.41. The van der Waals surface area contributed by atoms with Crippen LogP contribution in [0.25, 0.3) is 0 Å². The number of carboxylic acid groups (broad SMARTS) is 1. The first-order chi connectivity index (χ1) is 9.40. The summed E-state index contributed by atoms with van der Waals surface area (Å²) in [6.45, 7) is 6.08. The number of aliphatic carboxylic acids is 1. The Kier molecular flexibility index (Phi) is 6.68. The zero-order chi connectivity index (χ0) is 15.1. The highest BCUT2D eigenvalue weighted by atomic mass is 16.4. The zero-order valence-electron chi connectivity index (χ0n) is 12.9. The third-order valence-electron chi connectivity index (χ3n) is 3.38. The van der Waals surface area contributed by atoms with Crippen molar-refractivity contribution in [2.45, 2.75) is 32.9 Å². The fourth-order valence-corrected chi connectivity index (χ4v) is 2.21. The number of rotatable bonds is 8. The maximum atomic E-state index is 10.9. The van der Waals surface area contributed by atoms with Crippen LogP contribution in [0.4, 0.5) is 0 Å². The second-order valence-electron chi connectivity index (χ2n) is 5.83. The van der Waals surface area contributed by atoms with Crippen molar-refractivity contribution in [1.29, 1.82) is 0 Å². The van der Waals surface area contributed by atoms with Gasteiger partial charge in [-0.1, -0.05) is 38.1 Å². The Morgan fingerprint density at radius 3 is 2.35 bits per heavy atom. The van der Waals surface area contributed by atoms with Crippen molar-refractivity contribution in [3.05, 3.63) is 35.4 Å². The van der Waals surface area contributed by atoms with Crippen LogP contribution in [0.5, 0.6) is 0 Å². The van der Waals surface area contributed by atoms with E-state index in [9.17, 15) is 4.79 Å². The summed E-state index contributed by atoms with van der Waals surface area (Å²) in [6.07, 6.45) is 0.0812. The monoisotopic (exact) mass is 278 g/mol. The van der Waals surface area contributed by atoms with Crippen molar-refractivity contribution in [2.75, 3.05) is 20.6 Å². The fourth-order valence-electron chi connectivity index (χ4n) is 2.21. The molecule has 112 valence electrons. The van der Waals surface area contributed by atoms with E-state index in [2.05, 4.69) is 38.2 Å². The smallest absolute Gasteiger partial charge is 0.307 e. The van der Waals surface area contributed by atoms with E-state index in [1.54, 1.807) is 0 Å². The van der Waals surface area contributed by atoms with Gasteiger partial charge >= 0.3 is 5.97 Å². The van der Waals surface area contributed by atoms with Crippen molar-refractivity contribution < 1.29 is 9.90 Å². The van der Waals surface area contributed by atoms with E-state index >= 15 is 0 Å². The maximum absolute atomic E-state index is 10.9. The van der Waals surface area contributed by atoms with E-state index in [1.165, 1.54) is 0 Å². The van der Waals surface area contributed by atoms with Gasteiger partial charge in [0, 0.05) is 19.1 Å². The van der Waals surface area contributed by atoms with Gasteiger partial charge in [0.15, 0.2) is 0 Å². The molecule has 1 unspecified atom stereocenters. The highest BCUT2D eigenvalue weighted by Gasteiger charge is 2.14. The molecule has 0 saturated carbocycles. The van der Waals surface area contributed by atoms with Gasteiger partial charge in [0.05, 0.1) is 6.42 Å². The number of nitrogens with zero attached hydrogens (tertiary/aromatic N) is 1. The first-order valence-corrected chi connectivity index (χ1v) is 7.06. The minimum Gasteiger partial charge on any atom is -0.481 e. The zero-order valence-corrected chi connectivity index (χ0v) is 12.9. The number of likely N-dealkylation sites (N-methyl/N-ethyl adjacent to an activating group) is 1. The number of benzene rings is 1. The van der Waals surface area contributed by atoms with Gasteiger partial charge in [0.25, 0.3) is 0 Å². The Morgan fingerprint density at radius 1 is 1.25 bits per heavy atom. The van der Waals surface area contributed by atoms with Crippen molar-refractivity contribution in [1.82, 2.24) is 10.2 Å². The largest absolute Gasteiger partial charge is 0.481 e. The molecule has 0 aliphatic rings. The molecule has 0 heterocycles. The van der Waals surface area contributed by atoms with Gasteiger partial charge in [0.2, 0.25) is 0 Å². The summed E-state index contributed by atoms with van der Waals surface area (Å²) in [7, 11) is 4.13. The second-order valence-corrected chi connectivity index (χ2v) is 5.83. The average molecular weight is 278 g/mol. The van der Waals surface area contributed by atoms with E-state index in [-0.39, 0.29) is 6.42 Å². The Morgan fingerprint density at radius 2 is 1.85 bits per heavy atom. The van der Waals surface area contributed by atoms with Crippen molar-refractivity contribution in [3.8, 4) is 0 Å². The van der Waals surface area contributed by atoms with E-state index < -0.39 is 5.97 Å². The fraction of sp³-hybridized carbons (Fsp3) is 0.562. The third kappa shape index (κ3) is 5.72. The molecular weight excluding hydrogens is 252 g/mol. The first-order valence-electron chi connectivity index (χ1n) is 7.06. The molecule has 0 aromatic heterocycles. The molecular formula is C16H26N2O2. The van der Waals surface area contributed by atoms with Gasteiger partial charge in [-0.15, -0.1) is 0 Å². The minimum atomic E-state index is -0.786. The van der Waals surface area contributed by atoms with Gasteiger partial charge in [0.1, 0.15) is 0 Å². The lowest BCUT2D eigenvalue weighted by Gasteiger charge is -2.26. The van der Waals surface area contributed by atoms with Crippen molar-refractivity contribution >= 4 is 5.97 Å². The quantitative estimate of drug-likeness (QED) is 0.763. The van der Waals surface area contributed by atoms with E-state index in [4.69, 9.17) is 5.11 Å². The second kappa shape index (κ2) is 8.02. The molecule has 20 heavy (non-hydrogen) atoms. The maximum Gasteiger partial charge on any atom is 0.307 e. The summed E-state index contributed by atoms with van der Waals surface area (Å²) in [5, 5.41) is 12.5. The molecule has 1 aromatic rings. The van der Waals surface area contributed by atoms with Crippen LogP contribution in [-0.4, -0.2) is 42.7 Å². The van der Waals surface area contributed by atoms with Crippen LogP contribution in [0.15, 0.2) is 24.3 Å². The van der Waals surface area contributed by atoms with Gasteiger partial charge < -0.3 is 15.3 Å². The summed E-state index contributed by atoms with van der Waals surface area (Å²) in [6, 6.07) is 8.13. The molecule has 0 spiro atoms. The Labute approximate surface area is 121 Å². The van der Waals surface area contributed by atoms with E-state index in [1.807, 2.05) is 24.3 Å². The summed E-state index contributed by atoms with van der Waals surface area (Å²) in [5.74, 6) is -0.254. The summed E-state index contributed by atoms with van der Waals surface area (Å²) in [4.78, 5) is 13.1. The van der Waals surface area contributed by atoms with Crippen molar-refractivity contribution in [3.63, 3.8) is 0 Å². The molecule has 1 atom stereocenters. The molecule has 0 aliphatic heterocycles. The summed E-state index contributed by atoms with van der Waals surface area (Å²) >= 11 is 0. The average Bonchev–Trinajstić information content (AvgIpc) is 2.34. The number of hydrogen-bond donors (Lipinski definition) is 2. The van der Waals surface area contributed by atoms with Crippen LogP contribution in [-0.2, 0) is 17.8 Å². The molecule has 0 radical (unpaired) electrons. The topological polar surface area (TPSA) is 52.6 Å². The van der Waals surface area contributed by atoms with Crippen LogP contribution in [0, 0.1) is 5.92 Å². The van der Waals surface area contributed by atoms with Gasteiger partial charge in [-0.25, -0.2) is 0 Å². The molecule has 1 aromatic carbocycles. The molecule has 0 fully saturated rings. The normalized spacial score (nSPS) is 12.9. The molecule has 0 bridgehead atoms. The van der Waals surface area contributed by atoms with E-state index in [0.29, 0.717) is 18.5 Å². The number of carboxylic acids is 1. The van der Waals surface area contributed by atoms with Crippen LogP contribution >= 0.6 is 0 Å². The molecule has 2 N–H and O–H groups in total. The van der Waals surface area contributed by atoms with Crippen LogP contribution in [0.2, 0.25) is 0 Å². The predicted octanol–water partition coefficient (Wildman–Crippen LogP) is 1.99.